The predicted octanol–water partition coefficient (Wildman–Crippen LogP) is 4.71. The SMILES string of the molecule is O=C(O)CC1Sc2c(Cl)cccc2N(Cc2nc3cc(F)cc(F)c3s2)C1=O. The lowest BCUT2D eigenvalue weighted by atomic mass is 10.2. The number of fused-ring (bicyclic) bond motifs is 2. The largest absolute Gasteiger partial charge is 0.481 e. The van der Waals surface area contributed by atoms with Crippen LogP contribution in [0.3, 0.4) is 0 Å². The lowest BCUT2D eigenvalue weighted by Gasteiger charge is -2.33. The fourth-order valence-corrected chi connectivity index (χ4v) is 5.43. The zero-order chi connectivity index (χ0) is 20.0. The molecule has 0 fully saturated rings. The molecule has 0 spiro atoms. The summed E-state index contributed by atoms with van der Waals surface area (Å²) < 4.78 is 27.6. The number of hydrogen-bond donors (Lipinski definition) is 1. The molecule has 3 aromatic rings. The Morgan fingerprint density at radius 2 is 2.11 bits per heavy atom. The van der Waals surface area contributed by atoms with Gasteiger partial charge in [0.25, 0.3) is 0 Å². The molecule has 0 aliphatic carbocycles. The lowest BCUT2D eigenvalue weighted by molar-refractivity contribution is -0.138. The number of amides is 1. The van der Waals surface area contributed by atoms with E-state index in [9.17, 15) is 18.4 Å². The molecule has 1 atom stereocenters. The molecule has 4 rings (SSSR count). The molecular formula is C18H11ClF2N2O3S2. The minimum atomic E-state index is -1.10. The third-order valence-electron chi connectivity index (χ3n) is 4.15. The maximum atomic E-state index is 14.0. The van der Waals surface area contributed by atoms with Gasteiger partial charge in [-0.1, -0.05) is 17.7 Å². The van der Waals surface area contributed by atoms with Crippen LogP contribution in [-0.2, 0) is 16.1 Å². The minimum absolute atomic E-state index is 0.00323. The van der Waals surface area contributed by atoms with Gasteiger partial charge in [-0.2, -0.15) is 0 Å². The summed E-state index contributed by atoms with van der Waals surface area (Å²) >= 11 is 8.38. The summed E-state index contributed by atoms with van der Waals surface area (Å²) in [6.45, 7) is 0.00323. The van der Waals surface area contributed by atoms with Crippen LogP contribution in [-0.4, -0.2) is 27.2 Å². The van der Waals surface area contributed by atoms with E-state index in [0.717, 1.165) is 35.2 Å². The van der Waals surface area contributed by atoms with E-state index in [2.05, 4.69) is 4.98 Å². The molecule has 2 aromatic carbocycles. The van der Waals surface area contributed by atoms with Gasteiger partial charge in [0.05, 0.1) is 44.0 Å². The van der Waals surface area contributed by atoms with Gasteiger partial charge in [0.1, 0.15) is 16.6 Å². The van der Waals surface area contributed by atoms with E-state index in [4.69, 9.17) is 16.7 Å². The molecule has 0 saturated heterocycles. The van der Waals surface area contributed by atoms with Gasteiger partial charge in [0.15, 0.2) is 0 Å². The third kappa shape index (κ3) is 3.45. The molecule has 1 aliphatic rings. The van der Waals surface area contributed by atoms with Gasteiger partial charge in [-0.05, 0) is 12.1 Å². The molecule has 1 unspecified atom stereocenters. The molecule has 1 N–H and O–H groups in total. The van der Waals surface area contributed by atoms with E-state index in [1.807, 2.05) is 0 Å². The Balaban J connectivity index is 1.75. The predicted molar refractivity (Wildman–Crippen MR) is 104 cm³/mol. The monoisotopic (exact) mass is 440 g/mol. The molecule has 2 heterocycles. The van der Waals surface area contributed by atoms with Gasteiger partial charge in [-0.25, -0.2) is 13.8 Å². The maximum Gasteiger partial charge on any atom is 0.305 e. The number of carbonyl (C=O) groups is 2. The number of rotatable bonds is 4. The standard InChI is InChI=1S/C18H11ClF2N2O3S2/c19-9-2-1-3-12-16(9)27-13(6-15(24)25)18(26)23(12)7-14-22-11-5-8(20)4-10(21)17(11)28-14/h1-5,13H,6-7H2,(H,24,25). The number of carboxylic acids is 1. The first-order chi connectivity index (χ1) is 13.3. The van der Waals surface area contributed by atoms with Crippen LogP contribution in [0.15, 0.2) is 35.2 Å². The van der Waals surface area contributed by atoms with Crippen LogP contribution in [0.5, 0.6) is 0 Å². The van der Waals surface area contributed by atoms with Crippen LogP contribution in [0.2, 0.25) is 5.02 Å². The highest BCUT2D eigenvalue weighted by Gasteiger charge is 2.36. The van der Waals surface area contributed by atoms with Crippen molar-refractivity contribution in [3.63, 3.8) is 0 Å². The Bertz CT molecular complexity index is 1120. The summed E-state index contributed by atoms with van der Waals surface area (Å²) in [4.78, 5) is 30.3. The molecule has 10 heteroatoms. The van der Waals surface area contributed by atoms with E-state index in [-0.39, 0.29) is 23.2 Å². The zero-order valence-corrected chi connectivity index (χ0v) is 16.4. The summed E-state index contributed by atoms with van der Waals surface area (Å²) in [5, 5.41) is 9.10. The number of hydrogen-bond acceptors (Lipinski definition) is 5. The summed E-state index contributed by atoms with van der Waals surface area (Å²) in [7, 11) is 0. The van der Waals surface area contributed by atoms with Gasteiger partial charge in [0, 0.05) is 12.1 Å². The number of benzene rings is 2. The molecular weight excluding hydrogens is 430 g/mol. The van der Waals surface area contributed by atoms with Crippen molar-refractivity contribution in [3.8, 4) is 0 Å². The summed E-state index contributed by atoms with van der Waals surface area (Å²) in [6, 6.07) is 6.97. The second-order valence-electron chi connectivity index (χ2n) is 6.06. The molecule has 0 bridgehead atoms. The number of halogens is 3. The molecule has 5 nitrogen and oxygen atoms in total. The van der Waals surface area contributed by atoms with Crippen molar-refractivity contribution in [2.75, 3.05) is 4.90 Å². The molecule has 1 amide bonds. The fraction of sp³-hybridized carbons (Fsp3) is 0.167. The van der Waals surface area contributed by atoms with Gasteiger partial charge in [0.2, 0.25) is 5.91 Å². The van der Waals surface area contributed by atoms with Crippen LogP contribution in [0.4, 0.5) is 14.5 Å². The summed E-state index contributed by atoms with van der Waals surface area (Å²) in [6.07, 6.45) is -0.357. The number of nitrogens with zero attached hydrogens (tertiary/aromatic N) is 2. The van der Waals surface area contributed by atoms with E-state index in [0.29, 0.717) is 20.6 Å². The molecule has 0 saturated carbocycles. The van der Waals surface area contributed by atoms with Crippen molar-refractivity contribution in [2.24, 2.45) is 0 Å². The third-order valence-corrected chi connectivity index (χ3v) is 6.95. The second kappa shape index (κ2) is 7.31. The number of thioether (sulfide) groups is 1. The fourth-order valence-electron chi connectivity index (χ4n) is 2.97. The highest BCUT2D eigenvalue weighted by Crippen LogP contribution is 2.45. The molecule has 28 heavy (non-hydrogen) atoms. The quantitative estimate of drug-likeness (QED) is 0.636. The van der Waals surface area contributed by atoms with Gasteiger partial charge >= 0.3 is 5.97 Å². The van der Waals surface area contributed by atoms with Crippen LogP contribution in [0.1, 0.15) is 11.4 Å². The van der Waals surface area contributed by atoms with Crippen LogP contribution < -0.4 is 4.90 Å². The van der Waals surface area contributed by atoms with Crippen molar-refractivity contribution in [2.45, 2.75) is 23.1 Å². The Morgan fingerprint density at radius 3 is 2.86 bits per heavy atom. The smallest absolute Gasteiger partial charge is 0.305 e. The van der Waals surface area contributed by atoms with Gasteiger partial charge in [-0.3, -0.25) is 9.59 Å². The number of carbonyl (C=O) groups excluding carboxylic acids is 1. The van der Waals surface area contributed by atoms with Crippen LogP contribution >= 0.6 is 34.7 Å². The van der Waals surface area contributed by atoms with Crippen molar-refractivity contribution in [1.82, 2.24) is 4.98 Å². The first-order valence-corrected chi connectivity index (χ1v) is 10.1. The van der Waals surface area contributed by atoms with Crippen molar-refractivity contribution < 1.29 is 23.5 Å². The number of carboxylic acid groups (broad SMARTS) is 1. The van der Waals surface area contributed by atoms with Gasteiger partial charge in [-0.15, -0.1) is 23.1 Å². The van der Waals surface area contributed by atoms with Crippen molar-refractivity contribution >= 4 is 62.5 Å². The Hall–Kier alpha value is -2.23. The normalized spacial score (nSPS) is 16.5. The van der Waals surface area contributed by atoms with E-state index >= 15 is 0 Å². The summed E-state index contributed by atoms with van der Waals surface area (Å²) in [5.41, 5.74) is 0.708. The van der Waals surface area contributed by atoms with E-state index in [1.54, 1.807) is 18.2 Å². The number of thiazole rings is 1. The Labute approximate surface area is 170 Å². The van der Waals surface area contributed by atoms with E-state index < -0.39 is 28.8 Å². The van der Waals surface area contributed by atoms with Gasteiger partial charge < -0.3 is 10.0 Å². The number of aliphatic carboxylic acids is 1. The first kappa shape index (κ1) is 19.1. The minimum Gasteiger partial charge on any atom is -0.481 e. The Morgan fingerprint density at radius 1 is 1.32 bits per heavy atom. The lowest BCUT2D eigenvalue weighted by Crippen LogP contribution is -2.41. The van der Waals surface area contributed by atoms with Crippen LogP contribution in [0, 0.1) is 11.6 Å². The molecule has 144 valence electrons. The average Bonchev–Trinajstić information content (AvgIpc) is 3.02. The number of aromatic nitrogens is 1. The highest BCUT2D eigenvalue weighted by atomic mass is 35.5. The number of anilines is 1. The average molecular weight is 441 g/mol. The molecule has 1 aliphatic heterocycles. The zero-order valence-electron chi connectivity index (χ0n) is 14.0. The van der Waals surface area contributed by atoms with E-state index in [1.165, 1.54) is 4.90 Å². The molecule has 1 aromatic heterocycles. The Kier molecular flexibility index (Phi) is 4.98. The summed E-state index contributed by atoms with van der Waals surface area (Å²) in [5.74, 6) is -2.94. The highest BCUT2D eigenvalue weighted by molar-refractivity contribution is 8.01. The topological polar surface area (TPSA) is 70.5 Å². The second-order valence-corrected chi connectivity index (χ2v) is 8.76. The van der Waals surface area contributed by atoms with Crippen molar-refractivity contribution in [1.29, 1.82) is 0 Å². The maximum absolute atomic E-state index is 14.0. The van der Waals surface area contributed by atoms with Crippen LogP contribution in [0.25, 0.3) is 10.2 Å². The van der Waals surface area contributed by atoms with Crippen molar-refractivity contribution in [3.05, 3.63) is 52.0 Å². The first-order valence-electron chi connectivity index (χ1n) is 8.06. The molecule has 0 radical (unpaired) electrons.